The average Bonchev–Trinajstić information content (AvgIpc) is 3.99. The lowest BCUT2D eigenvalue weighted by Crippen LogP contribution is -2.61. The first-order valence-electron chi connectivity index (χ1n) is 22.8. The average molecular weight is 997 g/mol. The second-order valence-electron chi connectivity index (χ2n) is 16.9. The Morgan fingerprint density at radius 2 is 1.20 bits per heavy atom. The van der Waals surface area contributed by atoms with E-state index in [4.69, 9.17) is 17.2 Å². The Morgan fingerprint density at radius 1 is 0.657 bits per heavy atom. The first-order chi connectivity index (χ1) is 32.9. The molecule has 70 heavy (non-hydrogen) atoms. The van der Waals surface area contributed by atoms with Gasteiger partial charge < -0.3 is 74.2 Å². The number of aliphatic carboxylic acids is 2. The van der Waals surface area contributed by atoms with E-state index in [-0.39, 0.29) is 57.7 Å². The van der Waals surface area contributed by atoms with Gasteiger partial charge in [-0.25, -0.2) is 10.2 Å². The van der Waals surface area contributed by atoms with Crippen LogP contribution in [0.5, 0.6) is 0 Å². The Labute approximate surface area is 402 Å². The fourth-order valence-electron chi connectivity index (χ4n) is 7.66. The molecular weight excluding hydrogens is 929 g/mol. The number of likely N-dealkylation sites (tertiary alicyclic amines) is 2. The van der Waals surface area contributed by atoms with Crippen LogP contribution in [0, 0.1) is 5.92 Å². The number of aliphatic hydroxyl groups is 1. The summed E-state index contributed by atoms with van der Waals surface area (Å²) in [5.41, 5.74) is 19.7. The van der Waals surface area contributed by atoms with E-state index >= 15 is 0 Å². The highest BCUT2D eigenvalue weighted by Gasteiger charge is 2.43. The number of nitrogens with two attached hydrogens (primary N) is 3. The van der Waals surface area contributed by atoms with Crippen LogP contribution in [0.15, 0.2) is 4.99 Å². The monoisotopic (exact) mass is 996 g/mol. The number of carbonyl (C=O) groups excluding carboxylic acids is 10. The molecule has 2 saturated heterocycles. The SMILES string of the molecule is CC[C@H](C)[C@H](NC(=O)[C@H](CCC(=O)O)NC(=O)[C@H](CCCN=C(N)N)NC(C)=O)C(=O)NCC(=O)N[C@@H](CCC(=O)O)C(=O)N1CCC[C@H]1C(=O)N[C@H](C(=O)N1CCC[C@H]1C(=O)NNC(N)=O)[C@@H](C)O. The van der Waals surface area contributed by atoms with Gasteiger partial charge in [-0.2, -0.15) is 0 Å². The van der Waals surface area contributed by atoms with Crippen LogP contribution in [0.2, 0.25) is 0 Å². The van der Waals surface area contributed by atoms with E-state index in [0.29, 0.717) is 12.8 Å². The topological polar surface area (TPSA) is 459 Å². The Bertz CT molecular complexity index is 1970. The van der Waals surface area contributed by atoms with Crippen molar-refractivity contribution in [1.29, 1.82) is 0 Å². The molecule has 0 bridgehead atoms. The third-order valence-corrected chi connectivity index (χ3v) is 11.4. The predicted octanol–water partition coefficient (Wildman–Crippen LogP) is -5.56. The number of carbonyl (C=O) groups is 12. The molecule has 0 unspecified atom stereocenters. The molecule has 2 rings (SSSR count). The molecular formula is C41H68N14O15. The number of hydrogen-bond donors (Lipinski definition) is 14. The lowest BCUT2D eigenvalue weighted by Gasteiger charge is -2.32. The van der Waals surface area contributed by atoms with Crippen LogP contribution < -0.4 is 60.0 Å². The minimum Gasteiger partial charge on any atom is -0.481 e. The first kappa shape index (κ1) is 58.8. The van der Waals surface area contributed by atoms with Crippen LogP contribution in [0.25, 0.3) is 0 Å². The second-order valence-corrected chi connectivity index (χ2v) is 16.9. The van der Waals surface area contributed by atoms with Crippen molar-refractivity contribution in [3.05, 3.63) is 0 Å². The first-order valence-corrected chi connectivity index (χ1v) is 22.8. The minimum absolute atomic E-state index is 0.0286. The van der Waals surface area contributed by atoms with Gasteiger partial charge in [-0.1, -0.05) is 20.3 Å². The van der Waals surface area contributed by atoms with Gasteiger partial charge in [0.05, 0.1) is 12.6 Å². The number of primary amides is 1. The molecule has 0 radical (unpaired) electrons. The molecule has 2 fully saturated rings. The van der Waals surface area contributed by atoms with Gasteiger partial charge >= 0.3 is 18.0 Å². The molecule has 29 heteroatoms. The number of urea groups is 1. The summed E-state index contributed by atoms with van der Waals surface area (Å²) in [6.07, 6.45) is -2.09. The summed E-state index contributed by atoms with van der Waals surface area (Å²) in [5.74, 6) is -11.0. The predicted molar refractivity (Wildman–Crippen MR) is 243 cm³/mol. The number of guanidine groups is 1. The van der Waals surface area contributed by atoms with Crippen molar-refractivity contribution in [2.45, 2.75) is 147 Å². The number of nitrogens with one attached hydrogen (secondary N) is 8. The van der Waals surface area contributed by atoms with Crippen LogP contribution in [0.3, 0.4) is 0 Å². The normalized spacial score (nSPS) is 18.2. The number of aliphatic hydroxyl groups excluding tert-OH is 1. The van der Waals surface area contributed by atoms with Gasteiger partial charge in [0.2, 0.25) is 47.3 Å². The van der Waals surface area contributed by atoms with E-state index in [2.05, 4.69) is 42.3 Å². The van der Waals surface area contributed by atoms with Crippen molar-refractivity contribution in [2.75, 3.05) is 26.2 Å². The Morgan fingerprint density at radius 3 is 1.73 bits per heavy atom. The Balaban J connectivity index is 2.22. The number of rotatable bonds is 27. The third kappa shape index (κ3) is 19.3. The summed E-state index contributed by atoms with van der Waals surface area (Å²) in [7, 11) is 0. The van der Waals surface area contributed by atoms with Crippen molar-refractivity contribution in [2.24, 2.45) is 28.1 Å². The molecule has 2 aliphatic heterocycles. The standard InChI is InChI=1S/C41H68N14O15/c1-5-20(2)31(50-34(64)24(12-14-29(59)60)49-33(63)23(47-22(4)57)9-6-16-45-40(42)43)37(67)46-19-28(58)48-25(13-15-30(61)62)38(68)54-17-7-10-26(54)35(65)51-32(21(3)56)39(69)55-18-8-11-27(55)36(66)52-53-41(44)70/h20-21,23-27,31-32,56H,5-19H2,1-4H3,(H,46,67)(H,47,57)(H,48,58)(H,49,63)(H,50,64)(H,51,65)(H,52,66)(H,59,60)(H,61,62)(H4,42,43,45)(H3,44,53,70)/t20-,21+,23-,24-,25-,26-,27-,31-,32-/m0/s1. The minimum atomic E-state index is -1.59. The smallest absolute Gasteiger partial charge is 0.330 e. The van der Waals surface area contributed by atoms with E-state index in [0.717, 1.165) is 16.7 Å². The zero-order valence-electron chi connectivity index (χ0n) is 39.6. The fraction of sp³-hybridized carbons (Fsp3) is 0.683. The van der Waals surface area contributed by atoms with E-state index < -0.39 is 158 Å². The lowest BCUT2D eigenvalue weighted by atomic mass is 9.97. The second kappa shape index (κ2) is 28.9. The number of carboxylic acid groups (broad SMARTS) is 2. The highest BCUT2D eigenvalue weighted by Crippen LogP contribution is 2.22. The summed E-state index contributed by atoms with van der Waals surface area (Å²) in [6, 6.07) is -10.6. The zero-order valence-corrected chi connectivity index (χ0v) is 39.6. The molecule has 2 heterocycles. The largest absolute Gasteiger partial charge is 0.481 e. The summed E-state index contributed by atoms with van der Waals surface area (Å²) in [4.78, 5) is 160. The van der Waals surface area contributed by atoms with Crippen molar-refractivity contribution in [1.82, 2.24) is 52.6 Å². The number of hydrogen-bond acceptors (Lipinski definition) is 14. The van der Waals surface area contributed by atoms with Gasteiger partial charge in [0, 0.05) is 39.4 Å². The molecule has 9 atom stereocenters. The van der Waals surface area contributed by atoms with Crippen LogP contribution in [-0.2, 0) is 52.7 Å². The van der Waals surface area contributed by atoms with Gasteiger partial charge in [0.1, 0.15) is 42.3 Å². The van der Waals surface area contributed by atoms with E-state index in [9.17, 15) is 72.9 Å². The van der Waals surface area contributed by atoms with E-state index in [1.54, 1.807) is 13.8 Å². The highest BCUT2D eigenvalue weighted by molar-refractivity contribution is 5.98. The summed E-state index contributed by atoms with van der Waals surface area (Å²) < 4.78 is 0. The summed E-state index contributed by atoms with van der Waals surface area (Å²) >= 11 is 0. The summed E-state index contributed by atoms with van der Waals surface area (Å²) in [6.45, 7) is 5.03. The molecule has 0 aromatic heterocycles. The van der Waals surface area contributed by atoms with Gasteiger partial charge in [-0.15, -0.1) is 0 Å². The number of hydrazine groups is 1. The van der Waals surface area contributed by atoms with Gasteiger partial charge in [0.25, 0.3) is 5.91 Å². The molecule has 0 aromatic rings. The van der Waals surface area contributed by atoms with E-state index in [1.807, 2.05) is 5.43 Å². The maximum Gasteiger partial charge on any atom is 0.330 e. The number of carboxylic acids is 2. The maximum absolute atomic E-state index is 14.0. The molecule has 17 N–H and O–H groups in total. The molecule has 0 aromatic carbocycles. The van der Waals surface area contributed by atoms with Crippen LogP contribution in [0.1, 0.15) is 98.3 Å². The molecule has 11 amide bonds. The lowest BCUT2D eigenvalue weighted by molar-refractivity contribution is -0.146. The van der Waals surface area contributed by atoms with Gasteiger partial charge in [0.15, 0.2) is 5.96 Å². The van der Waals surface area contributed by atoms with Crippen LogP contribution in [-0.4, -0.2) is 177 Å². The molecule has 0 aliphatic carbocycles. The van der Waals surface area contributed by atoms with Crippen molar-refractivity contribution >= 4 is 77.1 Å². The van der Waals surface area contributed by atoms with Crippen molar-refractivity contribution in [3.63, 3.8) is 0 Å². The molecule has 0 spiro atoms. The Kier molecular flexibility index (Phi) is 24.2. The number of amides is 11. The fourth-order valence-corrected chi connectivity index (χ4v) is 7.66. The molecule has 0 saturated carbocycles. The highest BCUT2D eigenvalue weighted by atomic mass is 16.4. The molecule has 392 valence electrons. The molecule has 29 nitrogen and oxygen atoms in total. The number of nitrogens with zero attached hydrogens (tertiary/aromatic N) is 3. The maximum atomic E-state index is 14.0. The summed E-state index contributed by atoms with van der Waals surface area (Å²) in [5, 5.41) is 44.0. The van der Waals surface area contributed by atoms with Crippen molar-refractivity contribution < 1.29 is 72.9 Å². The number of aliphatic imine (C=N–C) groups is 1. The van der Waals surface area contributed by atoms with Gasteiger partial charge in [-0.05, 0) is 64.2 Å². The van der Waals surface area contributed by atoms with E-state index in [1.165, 1.54) is 6.92 Å². The third-order valence-electron chi connectivity index (χ3n) is 11.4. The van der Waals surface area contributed by atoms with Crippen LogP contribution in [0.4, 0.5) is 4.79 Å². The quantitative estimate of drug-likeness (QED) is 0.0158. The molecule has 2 aliphatic rings. The van der Waals surface area contributed by atoms with Crippen molar-refractivity contribution in [3.8, 4) is 0 Å². The zero-order chi connectivity index (χ0) is 52.8. The Hall–Kier alpha value is -7.33. The van der Waals surface area contributed by atoms with Gasteiger partial charge in [-0.3, -0.25) is 63.2 Å². The van der Waals surface area contributed by atoms with Crippen LogP contribution >= 0.6 is 0 Å².